The van der Waals surface area contributed by atoms with Crippen LogP contribution in [0.15, 0.2) is 40.0 Å². The Labute approximate surface area is 132 Å². The van der Waals surface area contributed by atoms with Crippen LogP contribution >= 0.6 is 15.9 Å². The number of rotatable bonds is 1. The van der Waals surface area contributed by atoms with Crippen LogP contribution in [0.5, 0.6) is 0 Å². The quantitative estimate of drug-likeness (QED) is 0.841. The normalized spacial score (nSPS) is 24.6. The van der Waals surface area contributed by atoms with Crippen molar-refractivity contribution < 1.29 is 9.59 Å². The number of carbonyl (C=O) groups excluding carboxylic acids is 2. The average Bonchev–Trinajstić information content (AvgIpc) is 2.36. The molecule has 1 aromatic carbocycles. The van der Waals surface area contributed by atoms with Crippen molar-refractivity contribution in [2.24, 2.45) is 5.41 Å². The van der Waals surface area contributed by atoms with Crippen LogP contribution in [-0.4, -0.2) is 11.7 Å². The minimum atomic E-state index is -0.106. The van der Waals surface area contributed by atoms with E-state index in [9.17, 15) is 9.59 Å². The Morgan fingerprint density at radius 2 is 1.81 bits per heavy atom. The third kappa shape index (κ3) is 2.82. The van der Waals surface area contributed by atoms with Crippen molar-refractivity contribution in [1.82, 2.24) is 5.32 Å². The van der Waals surface area contributed by atoms with Crippen LogP contribution in [-0.2, 0) is 9.59 Å². The first-order valence-electron chi connectivity index (χ1n) is 7.17. The molecule has 110 valence electrons. The molecular weight excluding hydrogens is 330 g/mol. The first-order valence-corrected chi connectivity index (χ1v) is 7.96. The van der Waals surface area contributed by atoms with Gasteiger partial charge in [0.1, 0.15) is 0 Å². The predicted octanol–water partition coefficient (Wildman–Crippen LogP) is 3.70. The highest BCUT2D eigenvalue weighted by Crippen LogP contribution is 2.43. The minimum Gasteiger partial charge on any atom is -0.329 e. The van der Waals surface area contributed by atoms with Gasteiger partial charge in [0.15, 0.2) is 5.78 Å². The van der Waals surface area contributed by atoms with Crippen molar-refractivity contribution in [3.8, 4) is 0 Å². The van der Waals surface area contributed by atoms with Crippen molar-refractivity contribution >= 4 is 27.6 Å². The number of benzene rings is 1. The third-order valence-electron chi connectivity index (χ3n) is 4.22. The fourth-order valence-electron chi connectivity index (χ4n) is 3.34. The molecule has 21 heavy (non-hydrogen) atoms. The fourth-order valence-corrected chi connectivity index (χ4v) is 3.60. The minimum absolute atomic E-state index is 0.00664. The number of amides is 1. The van der Waals surface area contributed by atoms with Gasteiger partial charge in [0.05, 0.1) is 0 Å². The van der Waals surface area contributed by atoms with Crippen LogP contribution in [0.25, 0.3) is 0 Å². The van der Waals surface area contributed by atoms with Crippen LogP contribution in [0.1, 0.15) is 44.6 Å². The third-order valence-corrected chi connectivity index (χ3v) is 4.75. The summed E-state index contributed by atoms with van der Waals surface area (Å²) in [7, 11) is 0. The van der Waals surface area contributed by atoms with E-state index in [0.29, 0.717) is 12.8 Å². The summed E-state index contributed by atoms with van der Waals surface area (Å²) < 4.78 is 0.997. The molecule has 1 aliphatic carbocycles. The van der Waals surface area contributed by atoms with Crippen molar-refractivity contribution in [3.05, 3.63) is 45.6 Å². The molecule has 4 heteroatoms. The van der Waals surface area contributed by atoms with Crippen molar-refractivity contribution in [2.45, 2.75) is 39.0 Å². The van der Waals surface area contributed by atoms with Crippen molar-refractivity contribution in [2.75, 3.05) is 0 Å². The van der Waals surface area contributed by atoms with Gasteiger partial charge < -0.3 is 5.32 Å². The van der Waals surface area contributed by atoms with Gasteiger partial charge in [-0.25, -0.2) is 0 Å². The summed E-state index contributed by atoms with van der Waals surface area (Å²) in [4.78, 5) is 24.6. The van der Waals surface area contributed by atoms with Gasteiger partial charge in [0.25, 0.3) is 0 Å². The number of Topliss-reactive ketones (excluding diaryl/α,β-unsaturated/α-hetero) is 1. The van der Waals surface area contributed by atoms with Crippen LogP contribution in [0.3, 0.4) is 0 Å². The van der Waals surface area contributed by atoms with E-state index >= 15 is 0 Å². The molecule has 0 radical (unpaired) electrons. The molecule has 0 saturated heterocycles. The monoisotopic (exact) mass is 347 g/mol. The lowest BCUT2D eigenvalue weighted by Gasteiger charge is -2.37. The molecule has 3 rings (SSSR count). The summed E-state index contributed by atoms with van der Waals surface area (Å²) in [5.74, 6) is 0.0757. The Morgan fingerprint density at radius 1 is 1.14 bits per heavy atom. The standard InChI is InChI=1S/C17H18BrNO2/c1-17(2)8-13-16(14(20)9-17)12(7-15(21)19-13)10-3-5-11(18)6-4-10/h3-6,12H,7-9H2,1-2H3,(H,19,21)/t12-/m0/s1. The predicted molar refractivity (Wildman–Crippen MR) is 84.7 cm³/mol. The molecule has 2 aliphatic rings. The highest BCUT2D eigenvalue weighted by molar-refractivity contribution is 9.10. The molecule has 1 N–H and O–H groups in total. The first-order chi connectivity index (χ1) is 9.85. The summed E-state index contributed by atoms with van der Waals surface area (Å²) in [6.45, 7) is 4.15. The Balaban J connectivity index is 2.06. The number of hydrogen-bond donors (Lipinski definition) is 1. The van der Waals surface area contributed by atoms with Crippen LogP contribution in [0.2, 0.25) is 0 Å². The molecule has 1 heterocycles. The summed E-state index contributed by atoms with van der Waals surface area (Å²) in [6, 6.07) is 7.90. The van der Waals surface area contributed by atoms with Crippen LogP contribution in [0, 0.1) is 5.41 Å². The zero-order valence-electron chi connectivity index (χ0n) is 12.2. The van der Waals surface area contributed by atoms with Gasteiger partial charge in [0.2, 0.25) is 5.91 Å². The Kier molecular flexibility index (Phi) is 3.52. The van der Waals surface area contributed by atoms with Gasteiger partial charge in [-0.1, -0.05) is 41.9 Å². The van der Waals surface area contributed by atoms with Gasteiger partial charge in [-0.05, 0) is 29.5 Å². The number of halogens is 1. The van der Waals surface area contributed by atoms with Crippen LogP contribution in [0.4, 0.5) is 0 Å². The zero-order chi connectivity index (χ0) is 15.2. The van der Waals surface area contributed by atoms with Crippen molar-refractivity contribution in [3.63, 3.8) is 0 Å². The maximum absolute atomic E-state index is 12.6. The summed E-state index contributed by atoms with van der Waals surface area (Å²) in [5, 5.41) is 2.93. The van der Waals surface area contributed by atoms with Gasteiger partial charge in [-0.3, -0.25) is 9.59 Å². The highest BCUT2D eigenvalue weighted by atomic mass is 79.9. The Bertz CT molecular complexity index is 643. The van der Waals surface area contributed by atoms with Gasteiger partial charge in [0, 0.05) is 34.5 Å². The second-order valence-corrected chi connectivity index (χ2v) is 7.61. The van der Waals surface area contributed by atoms with E-state index in [-0.39, 0.29) is 23.0 Å². The molecule has 0 saturated carbocycles. The lowest BCUT2D eigenvalue weighted by atomic mass is 9.70. The topological polar surface area (TPSA) is 46.2 Å². The van der Waals surface area contributed by atoms with E-state index in [1.165, 1.54) is 0 Å². The SMILES string of the molecule is CC1(C)CC(=O)C2=C(C1)NC(=O)C[C@H]2c1ccc(Br)cc1. The number of nitrogens with one attached hydrogen (secondary N) is 1. The Hall–Kier alpha value is -1.42. The lowest BCUT2D eigenvalue weighted by molar-refractivity contribution is -0.122. The highest BCUT2D eigenvalue weighted by Gasteiger charge is 2.40. The number of ketones is 1. The molecule has 0 fully saturated rings. The van der Waals surface area contributed by atoms with Crippen LogP contribution < -0.4 is 5.32 Å². The molecule has 0 unspecified atom stereocenters. The number of hydrogen-bond acceptors (Lipinski definition) is 2. The molecule has 0 aromatic heterocycles. The molecular formula is C17H18BrNO2. The summed E-state index contributed by atoms with van der Waals surface area (Å²) in [6.07, 6.45) is 1.66. The average molecular weight is 348 g/mol. The Morgan fingerprint density at radius 3 is 2.48 bits per heavy atom. The van der Waals surface area contributed by atoms with E-state index < -0.39 is 0 Å². The number of allylic oxidation sites excluding steroid dienone is 2. The first kappa shape index (κ1) is 14.5. The largest absolute Gasteiger partial charge is 0.329 e. The van der Waals surface area contributed by atoms with Gasteiger partial charge in [-0.2, -0.15) is 0 Å². The lowest BCUT2D eigenvalue weighted by Crippen LogP contribution is -2.40. The summed E-state index contributed by atoms with van der Waals surface area (Å²) in [5.41, 5.74) is 2.61. The van der Waals surface area contributed by atoms with E-state index in [2.05, 4.69) is 35.1 Å². The second-order valence-electron chi connectivity index (χ2n) is 6.69. The number of carbonyl (C=O) groups is 2. The molecule has 1 aromatic rings. The van der Waals surface area contributed by atoms with Crippen molar-refractivity contribution in [1.29, 1.82) is 0 Å². The molecule has 1 atom stereocenters. The molecule has 1 aliphatic heterocycles. The molecule has 0 spiro atoms. The van der Waals surface area contributed by atoms with E-state index in [1.54, 1.807) is 0 Å². The molecule has 1 amide bonds. The smallest absolute Gasteiger partial charge is 0.225 e. The maximum Gasteiger partial charge on any atom is 0.225 e. The molecule has 3 nitrogen and oxygen atoms in total. The van der Waals surface area contributed by atoms with E-state index in [1.807, 2.05) is 24.3 Å². The van der Waals surface area contributed by atoms with E-state index in [0.717, 1.165) is 27.7 Å². The maximum atomic E-state index is 12.6. The van der Waals surface area contributed by atoms with Gasteiger partial charge in [-0.15, -0.1) is 0 Å². The molecule has 0 bridgehead atoms. The van der Waals surface area contributed by atoms with Gasteiger partial charge >= 0.3 is 0 Å². The zero-order valence-corrected chi connectivity index (χ0v) is 13.8. The van der Waals surface area contributed by atoms with E-state index in [4.69, 9.17) is 0 Å². The second kappa shape index (κ2) is 5.09. The fraction of sp³-hybridized carbons (Fsp3) is 0.412. The summed E-state index contributed by atoms with van der Waals surface area (Å²) >= 11 is 3.42.